The van der Waals surface area contributed by atoms with Gasteiger partial charge < -0.3 is 10.1 Å². The summed E-state index contributed by atoms with van der Waals surface area (Å²) in [7, 11) is -3.93. The number of sulfonamides is 1. The quantitative estimate of drug-likeness (QED) is 0.623. The number of nitrogens with zero attached hydrogens (tertiary/aromatic N) is 1. The van der Waals surface area contributed by atoms with Crippen LogP contribution in [-0.4, -0.2) is 44.4 Å². The van der Waals surface area contributed by atoms with E-state index in [4.69, 9.17) is 4.74 Å². The number of amides is 2. The molecule has 2 N–H and O–H groups in total. The van der Waals surface area contributed by atoms with Gasteiger partial charge in [-0.2, -0.15) is 4.72 Å². The van der Waals surface area contributed by atoms with E-state index in [9.17, 15) is 22.8 Å². The van der Waals surface area contributed by atoms with Crippen LogP contribution in [-0.2, 0) is 29.1 Å². The lowest BCUT2D eigenvalue weighted by molar-refractivity contribution is -0.149. The first-order valence-corrected chi connectivity index (χ1v) is 12.2. The Bertz CT molecular complexity index is 1180. The minimum atomic E-state index is -3.93. The number of rotatable bonds is 6. The van der Waals surface area contributed by atoms with E-state index < -0.39 is 40.1 Å². The van der Waals surface area contributed by atoms with E-state index in [2.05, 4.69) is 10.0 Å². The molecule has 2 aliphatic rings. The summed E-state index contributed by atoms with van der Waals surface area (Å²) in [5, 5.41) is 2.88. The third-order valence-corrected chi connectivity index (χ3v) is 7.56. The molecule has 1 fully saturated rings. The van der Waals surface area contributed by atoms with E-state index in [1.165, 1.54) is 24.0 Å². The second kappa shape index (κ2) is 8.95. The van der Waals surface area contributed by atoms with Crippen LogP contribution in [0, 0.1) is 0 Å². The first-order valence-electron chi connectivity index (χ1n) is 10.7. The van der Waals surface area contributed by atoms with Crippen molar-refractivity contribution in [3.05, 3.63) is 54.6 Å². The lowest BCUT2D eigenvalue weighted by Gasteiger charge is -2.44. The van der Waals surface area contributed by atoms with Crippen LogP contribution in [0.25, 0.3) is 0 Å². The molecular formula is C23H25N3O6S. The van der Waals surface area contributed by atoms with Gasteiger partial charge in [-0.1, -0.05) is 43.2 Å². The van der Waals surface area contributed by atoms with Crippen molar-refractivity contribution in [3.8, 4) is 0 Å². The van der Waals surface area contributed by atoms with Crippen LogP contribution < -0.4 is 14.9 Å². The Morgan fingerprint density at radius 3 is 2.42 bits per heavy atom. The largest absolute Gasteiger partial charge is 0.454 e. The molecular weight excluding hydrogens is 446 g/mol. The van der Waals surface area contributed by atoms with Gasteiger partial charge >= 0.3 is 5.97 Å². The Labute approximate surface area is 192 Å². The van der Waals surface area contributed by atoms with Crippen LogP contribution in [0.2, 0.25) is 0 Å². The van der Waals surface area contributed by atoms with Gasteiger partial charge in [0.2, 0.25) is 10.0 Å². The molecule has 2 aromatic rings. The van der Waals surface area contributed by atoms with Crippen LogP contribution in [0.5, 0.6) is 0 Å². The summed E-state index contributed by atoms with van der Waals surface area (Å²) in [6, 6.07) is 13.4. The van der Waals surface area contributed by atoms with Crippen molar-refractivity contribution in [3.63, 3.8) is 0 Å². The summed E-state index contributed by atoms with van der Waals surface area (Å²) in [4.78, 5) is 40.1. The average Bonchev–Trinajstić information content (AvgIpc) is 3.29. The zero-order valence-corrected chi connectivity index (χ0v) is 18.9. The predicted octanol–water partition coefficient (Wildman–Crippen LogP) is 2.19. The summed E-state index contributed by atoms with van der Waals surface area (Å²) in [5.41, 5.74) is 0.0554. The molecule has 1 heterocycles. The van der Waals surface area contributed by atoms with Crippen LogP contribution in [0.4, 0.5) is 11.4 Å². The number of para-hydroxylation sites is 2. The highest BCUT2D eigenvalue weighted by Gasteiger charge is 2.52. The summed E-state index contributed by atoms with van der Waals surface area (Å²) in [5.74, 6) is -1.67. The molecule has 0 unspecified atom stereocenters. The molecule has 1 aliphatic carbocycles. The second-order valence-corrected chi connectivity index (χ2v) is 9.92. The lowest BCUT2D eigenvalue weighted by atomic mass is 9.90. The van der Waals surface area contributed by atoms with Gasteiger partial charge in [-0.15, -0.1) is 0 Å². The normalized spacial score (nSPS) is 17.8. The van der Waals surface area contributed by atoms with Gasteiger partial charge in [0.25, 0.3) is 11.8 Å². The number of hydrogen-bond donors (Lipinski definition) is 2. The molecule has 1 spiro atoms. The van der Waals surface area contributed by atoms with Crippen molar-refractivity contribution < 1.29 is 27.5 Å². The molecule has 33 heavy (non-hydrogen) atoms. The average molecular weight is 472 g/mol. The molecule has 174 valence electrons. The Morgan fingerprint density at radius 2 is 1.73 bits per heavy atom. The maximum Gasteiger partial charge on any atom is 0.324 e. The monoisotopic (exact) mass is 471 g/mol. The highest BCUT2D eigenvalue weighted by molar-refractivity contribution is 7.89. The molecule has 2 amide bonds. The standard InChI is InChI=1S/C23H25N3O6S/c1-16(25-33(30,31)17-9-3-2-4-10-17)21(28)32-15-20(27)26-19-12-6-5-11-18(19)24-22(29)23(26)13-7-8-14-23/h2-6,9-12,16,25H,7-8,13-15H2,1H3,(H,24,29)/t16-/m0/s1. The van der Waals surface area contributed by atoms with Crippen molar-refractivity contribution in [2.45, 2.75) is 49.1 Å². The fourth-order valence-corrected chi connectivity index (χ4v) is 5.61. The molecule has 9 nitrogen and oxygen atoms in total. The van der Waals surface area contributed by atoms with E-state index in [-0.39, 0.29) is 10.8 Å². The van der Waals surface area contributed by atoms with Gasteiger partial charge in [0.15, 0.2) is 6.61 Å². The van der Waals surface area contributed by atoms with Crippen LogP contribution in [0.15, 0.2) is 59.5 Å². The lowest BCUT2D eigenvalue weighted by Crippen LogP contribution is -2.61. The van der Waals surface area contributed by atoms with E-state index in [0.717, 1.165) is 12.8 Å². The molecule has 0 saturated heterocycles. The predicted molar refractivity (Wildman–Crippen MR) is 121 cm³/mol. The van der Waals surface area contributed by atoms with Gasteiger partial charge in [0.05, 0.1) is 16.3 Å². The van der Waals surface area contributed by atoms with E-state index in [0.29, 0.717) is 24.2 Å². The maximum atomic E-state index is 13.2. The van der Waals surface area contributed by atoms with E-state index in [1.54, 1.807) is 42.5 Å². The van der Waals surface area contributed by atoms with Crippen LogP contribution >= 0.6 is 0 Å². The molecule has 0 aromatic heterocycles. The number of benzene rings is 2. The van der Waals surface area contributed by atoms with Gasteiger partial charge in [-0.05, 0) is 44.0 Å². The fourth-order valence-electron chi connectivity index (χ4n) is 4.40. The third kappa shape index (κ3) is 4.36. The second-order valence-electron chi connectivity index (χ2n) is 8.20. The molecule has 1 atom stereocenters. The number of esters is 1. The van der Waals surface area contributed by atoms with Crippen LogP contribution in [0.1, 0.15) is 32.6 Å². The number of hydrogen-bond acceptors (Lipinski definition) is 6. The number of anilines is 2. The van der Waals surface area contributed by atoms with E-state index >= 15 is 0 Å². The molecule has 1 aliphatic heterocycles. The first-order chi connectivity index (χ1) is 15.7. The fraction of sp³-hybridized carbons (Fsp3) is 0.348. The summed E-state index contributed by atoms with van der Waals surface area (Å²) >= 11 is 0. The Hall–Kier alpha value is -3.24. The topological polar surface area (TPSA) is 122 Å². The third-order valence-electron chi connectivity index (χ3n) is 6.00. The minimum absolute atomic E-state index is 0.0137. The van der Waals surface area contributed by atoms with Gasteiger partial charge in [0.1, 0.15) is 11.6 Å². The summed E-state index contributed by atoms with van der Waals surface area (Å²) in [6.45, 7) is 0.731. The van der Waals surface area contributed by atoms with Crippen molar-refractivity contribution in [2.24, 2.45) is 0 Å². The number of fused-ring (bicyclic) bond motifs is 1. The highest BCUT2D eigenvalue weighted by Crippen LogP contribution is 2.45. The maximum absolute atomic E-state index is 13.2. The van der Waals surface area contributed by atoms with Crippen LogP contribution in [0.3, 0.4) is 0 Å². The zero-order valence-electron chi connectivity index (χ0n) is 18.1. The molecule has 1 saturated carbocycles. The summed E-state index contributed by atoms with van der Waals surface area (Å²) < 4.78 is 32.3. The SMILES string of the molecule is C[C@H](NS(=O)(=O)c1ccccc1)C(=O)OCC(=O)N1c2ccccc2NC(=O)C12CCCC2. The number of carbonyl (C=O) groups excluding carboxylic acids is 3. The molecule has 4 rings (SSSR count). The minimum Gasteiger partial charge on any atom is -0.454 e. The molecule has 2 aromatic carbocycles. The number of nitrogens with one attached hydrogen (secondary N) is 2. The van der Waals surface area contributed by atoms with Gasteiger partial charge in [-0.3, -0.25) is 19.3 Å². The Balaban J connectivity index is 1.47. The van der Waals surface area contributed by atoms with Crippen molar-refractivity contribution in [1.82, 2.24) is 4.72 Å². The summed E-state index contributed by atoms with van der Waals surface area (Å²) in [6.07, 6.45) is 2.63. The Kier molecular flexibility index (Phi) is 6.22. The highest BCUT2D eigenvalue weighted by atomic mass is 32.2. The van der Waals surface area contributed by atoms with Crippen molar-refractivity contribution >= 4 is 39.2 Å². The molecule has 0 radical (unpaired) electrons. The van der Waals surface area contributed by atoms with E-state index in [1.807, 2.05) is 0 Å². The number of carbonyl (C=O) groups is 3. The van der Waals surface area contributed by atoms with Crippen molar-refractivity contribution in [2.75, 3.05) is 16.8 Å². The zero-order chi connectivity index (χ0) is 23.6. The van der Waals surface area contributed by atoms with Crippen molar-refractivity contribution in [1.29, 1.82) is 0 Å². The Morgan fingerprint density at radius 1 is 1.09 bits per heavy atom. The number of ether oxygens (including phenoxy) is 1. The smallest absolute Gasteiger partial charge is 0.324 e. The van der Waals surface area contributed by atoms with Gasteiger partial charge in [-0.25, -0.2) is 8.42 Å². The first kappa shape index (κ1) is 22.9. The van der Waals surface area contributed by atoms with Gasteiger partial charge in [0, 0.05) is 0 Å². The molecule has 0 bridgehead atoms. The molecule has 10 heteroatoms.